The number of benzene rings is 2. The van der Waals surface area contributed by atoms with Crippen molar-refractivity contribution in [3.8, 4) is 0 Å². The molecule has 1 saturated heterocycles. The number of aliphatic hydroxyl groups excluding tert-OH is 1. The molecule has 122 valence electrons. The maximum atomic E-state index is 10.0. The second kappa shape index (κ2) is 8.47. The topological polar surface area (TPSA) is 47.9 Å². The molecule has 0 radical (unpaired) electrons. The number of rotatable bonds is 7. The first kappa shape index (κ1) is 16.5. The maximum Gasteiger partial charge on any atom is 0.154 e. The Morgan fingerprint density at radius 1 is 0.913 bits per heavy atom. The van der Waals surface area contributed by atoms with Crippen molar-refractivity contribution in [3.05, 3.63) is 71.8 Å². The maximum absolute atomic E-state index is 10.0. The highest BCUT2D eigenvalue weighted by Gasteiger charge is 2.38. The van der Waals surface area contributed by atoms with Crippen LogP contribution in [0.15, 0.2) is 60.7 Å². The van der Waals surface area contributed by atoms with E-state index in [2.05, 4.69) is 0 Å². The van der Waals surface area contributed by atoms with Gasteiger partial charge in [-0.05, 0) is 11.1 Å². The van der Waals surface area contributed by atoms with Gasteiger partial charge >= 0.3 is 0 Å². The van der Waals surface area contributed by atoms with Crippen LogP contribution in [0.2, 0.25) is 0 Å². The van der Waals surface area contributed by atoms with Crippen molar-refractivity contribution in [1.29, 1.82) is 0 Å². The van der Waals surface area contributed by atoms with Crippen molar-refractivity contribution in [2.45, 2.75) is 30.9 Å². The lowest BCUT2D eigenvalue weighted by atomic mass is 10.2. The highest BCUT2D eigenvalue weighted by molar-refractivity contribution is 7.95. The van der Waals surface area contributed by atoms with Gasteiger partial charge in [0, 0.05) is 12.0 Å². The second-order valence-electron chi connectivity index (χ2n) is 5.38. The van der Waals surface area contributed by atoms with E-state index >= 15 is 0 Å². The van der Waals surface area contributed by atoms with Gasteiger partial charge in [-0.3, -0.25) is 0 Å². The van der Waals surface area contributed by atoms with Crippen LogP contribution in [0.4, 0.5) is 0 Å². The summed E-state index contributed by atoms with van der Waals surface area (Å²) in [4.78, 5) is 0. The first-order valence-corrected chi connectivity index (χ1v) is 8.41. The predicted octanol–water partition coefficient (Wildman–Crippen LogP) is 3.15. The fourth-order valence-corrected chi connectivity index (χ4v) is 3.15. The van der Waals surface area contributed by atoms with E-state index in [1.54, 1.807) is 0 Å². The van der Waals surface area contributed by atoms with Crippen LogP contribution < -0.4 is 0 Å². The summed E-state index contributed by atoms with van der Waals surface area (Å²) in [5.41, 5.74) is 1.49. The van der Waals surface area contributed by atoms with Crippen LogP contribution >= 0.6 is 12.0 Å². The van der Waals surface area contributed by atoms with E-state index in [9.17, 15) is 5.11 Å². The number of aliphatic hydroxyl groups is 1. The lowest BCUT2D eigenvalue weighted by molar-refractivity contribution is -0.0724. The highest BCUT2D eigenvalue weighted by Crippen LogP contribution is 2.31. The van der Waals surface area contributed by atoms with E-state index in [1.807, 2.05) is 60.7 Å². The molecule has 0 bridgehead atoms. The first-order chi connectivity index (χ1) is 11.3. The Labute approximate surface area is 140 Å². The van der Waals surface area contributed by atoms with E-state index < -0.39 is 11.5 Å². The molecule has 0 aromatic heterocycles. The average Bonchev–Trinajstić information content (AvgIpc) is 2.95. The van der Waals surface area contributed by atoms with Gasteiger partial charge in [0.15, 0.2) is 5.44 Å². The Morgan fingerprint density at radius 2 is 1.52 bits per heavy atom. The van der Waals surface area contributed by atoms with Gasteiger partial charge in [0.1, 0.15) is 12.2 Å². The summed E-state index contributed by atoms with van der Waals surface area (Å²) in [6.45, 7) is 1.35. The molecule has 2 aromatic rings. The van der Waals surface area contributed by atoms with Crippen LogP contribution in [0.5, 0.6) is 0 Å². The quantitative estimate of drug-likeness (QED) is 0.789. The van der Waals surface area contributed by atoms with Crippen LogP contribution in [0.3, 0.4) is 0 Å². The smallest absolute Gasteiger partial charge is 0.154 e. The Kier molecular flexibility index (Phi) is 6.07. The normalized spacial score (nSPS) is 24.0. The lowest BCUT2D eigenvalue weighted by Gasteiger charge is -2.20. The van der Waals surface area contributed by atoms with Gasteiger partial charge < -0.3 is 18.8 Å². The fraction of sp³-hybridized carbons (Fsp3) is 0.333. The van der Waals surface area contributed by atoms with Crippen molar-refractivity contribution in [2.75, 3.05) is 6.61 Å². The van der Waals surface area contributed by atoms with Gasteiger partial charge in [0.25, 0.3) is 0 Å². The minimum Gasteiger partial charge on any atom is -0.377 e. The van der Waals surface area contributed by atoms with Crippen molar-refractivity contribution in [2.24, 2.45) is 0 Å². The molecule has 4 nitrogen and oxygen atoms in total. The van der Waals surface area contributed by atoms with E-state index in [1.165, 1.54) is 0 Å². The summed E-state index contributed by atoms with van der Waals surface area (Å²) < 4.78 is 17.1. The van der Waals surface area contributed by atoms with E-state index in [4.69, 9.17) is 13.7 Å². The molecule has 0 spiro atoms. The third kappa shape index (κ3) is 4.80. The summed E-state index contributed by atoms with van der Waals surface area (Å²) in [6.07, 6.45) is -0.668. The van der Waals surface area contributed by atoms with Gasteiger partial charge in [-0.1, -0.05) is 60.7 Å². The third-order valence-corrected chi connectivity index (χ3v) is 4.43. The van der Waals surface area contributed by atoms with Gasteiger partial charge in [0.2, 0.25) is 0 Å². The molecule has 0 saturated carbocycles. The minimum absolute atomic E-state index is 0.276. The number of ether oxygens (including phenoxy) is 2. The van der Waals surface area contributed by atoms with Gasteiger partial charge in [0.05, 0.1) is 19.8 Å². The summed E-state index contributed by atoms with van der Waals surface area (Å²) in [5.74, 6) is 0. The van der Waals surface area contributed by atoms with Gasteiger partial charge in [-0.15, -0.1) is 0 Å². The summed E-state index contributed by atoms with van der Waals surface area (Å²) in [5, 5.41) is 10.0. The predicted molar refractivity (Wildman–Crippen MR) is 89.6 cm³/mol. The molecular formula is C18H20O4S. The highest BCUT2D eigenvalue weighted by atomic mass is 32.2. The van der Waals surface area contributed by atoms with Crippen molar-refractivity contribution < 1.29 is 18.8 Å². The monoisotopic (exact) mass is 332 g/mol. The molecule has 5 heteroatoms. The Hall–Kier alpha value is -1.37. The van der Waals surface area contributed by atoms with Crippen molar-refractivity contribution in [1.82, 2.24) is 0 Å². The molecule has 1 heterocycles. The molecule has 23 heavy (non-hydrogen) atoms. The summed E-state index contributed by atoms with van der Waals surface area (Å²) in [6, 6.07) is 19.9. The van der Waals surface area contributed by atoms with Crippen LogP contribution in [0.1, 0.15) is 11.1 Å². The SMILES string of the molecule is O[C@@H]1SO[C@H](COCc2ccccc2)[C@H]1OCc1ccccc1. The van der Waals surface area contributed by atoms with Crippen molar-refractivity contribution >= 4 is 12.0 Å². The van der Waals surface area contributed by atoms with E-state index in [0.29, 0.717) is 19.8 Å². The molecular weight excluding hydrogens is 312 g/mol. The van der Waals surface area contributed by atoms with E-state index in [-0.39, 0.29) is 6.10 Å². The fourth-order valence-electron chi connectivity index (χ4n) is 2.37. The average molecular weight is 332 g/mol. The molecule has 3 rings (SSSR count). The Morgan fingerprint density at radius 3 is 2.17 bits per heavy atom. The van der Waals surface area contributed by atoms with Gasteiger partial charge in [-0.25, -0.2) is 0 Å². The van der Waals surface area contributed by atoms with Crippen LogP contribution in [0.25, 0.3) is 0 Å². The van der Waals surface area contributed by atoms with Crippen LogP contribution in [-0.2, 0) is 26.9 Å². The molecule has 3 atom stereocenters. The molecule has 1 fully saturated rings. The standard InChI is InChI=1S/C18H20O4S/c19-18-17(21-12-15-9-5-2-6-10-15)16(22-23-18)13-20-11-14-7-3-1-4-8-14/h1-10,16-19H,11-13H2/t16-,17-,18-/m1/s1. The number of hydrogen-bond acceptors (Lipinski definition) is 5. The minimum atomic E-state index is -0.691. The summed E-state index contributed by atoms with van der Waals surface area (Å²) in [7, 11) is 0. The van der Waals surface area contributed by atoms with E-state index in [0.717, 1.165) is 23.2 Å². The zero-order valence-corrected chi connectivity index (χ0v) is 13.5. The zero-order valence-electron chi connectivity index (χ0n) is 12.7. The van der Waals surface area contributed by atoms with Crippen LogP contribution in [-0.4, -0.2) is 29.4 Å². The Balaban J connectivity index is 1.48. The molecule has 2 aromatic carbocycles. The molecule has 1 aliphatic rings. The second-order valence-corrected chi connectivity index (χ2v) is 6.25. The molecule has 0 aliphatic carbocycles. The molecule has 1 aliphatic heterocycles. The molecule has 1 N–H and O–H groups in total. The lowest BCUT2D eigenvalue weighted by Crippen LogP contribution is -2.35. The number of hydrogen-bond donors (Lipinski definition) is 1. The van der Waals surface area contributed by atoms with Crippen LogP contribution in [0, 0.1) is 0 Å². The zero-order chi connectivity index (χ0) is 15.9. The summed E-state index contributed by atoms with van der Waals surface area (Å²) >= 11 is 1.05. The molecule has 0 unspecified atom stereocenters. The van der Waals surface area contributed by atoms with Crippen molar-refractivity contribution in [3.63, 3.8) is 0 Å². The largest absolute Gasteiger partial charge is 0.377 e. The first-order valence-electron chi connectivity index (χ1n) is 7.60. The Bertz CT molecular complexity index is 578. The third-order valence-electron chi connectivity index (χ3n) is 3.60. The molecule has 0 amide bonds. The van der Waals surface area contributed by atoms with Gasteiger partial charge in [-0.2, -0.15) is 0 Å².